The summed E-state index contributed by atoms with van der Waals surface area (Å²) in [4.78, 5) is 32.5. The average Bonchev–Trinajstić information content (AvgIpc) is 3.47. The number of ether oxygens (including phenoxy) is 2. The monoisotopic (exact) mass is 489 g/mol. The van der Waals surface area contributed by atoms with E-state index in [1.807, 2.05) is 0 Å². The van der Waals surface area contributed by atoms with Crippen molar-refractivity contribution in [2.45, 2.75) is 6.92 Å². The molecule has 0 radical (unpaired) electrons. The molecule has 36 heavy (non-hydrogen) atoms. The maximum atomic E-state index is 13.4. The Labute approximate surface area is 203 Å². The molecule has 1 amide bonds. The molecule has 0 aliphatic rings. The second kappa shape index (κ2) is 9.33. The Bertz CT molecular complexity index is 1600. The van der Waals surface area contributed by atoms with Crippen molar-refractivity contribution in [1.82, 2.24) is 29.5 Å². The van der Waals surface area contributed by atoms with Gasteiger partial charge in [-0.25, -0.2) is 9.07 Å². The molecule has 3 aromatic heterocycles. The number of benzene rings is 2. The fraction of sp³-hybridized carbons (Fsp3) is 0.125. The summed E-state index contributed by atoms with van der Waals surface area (Å²) < 4.78 is 26.7. The third kappa shape index (κ3) is 4.51. The molecular weight excluding hydrogens is 469 g/mol. The Balaban J connectivity index is 1.42. The third-order valence-corrected chi connectivity index (χ3v) is 5.23. The molecule has 0 saturated carbocycles. The lowest BCUT2D eigenvalue weighted by atomic mass is 10.3. The minimum atomic E-state index is -0.448. The number of rotatable bonds is 7. The molecule has 0 fully saturated rings. The smallest absolute Gasteiger partial charge is 0.263 e. The van der Waals surface area contributed by atoms with Crippen molar-refractivity contribution in [2.24, 2.45) is 0 Å². The van der Waals surface area contributed by atoms with E-state index in [1.165, 1.54) is 39.8 Å². The maximum absolute atomic E-state index is 13.4. The summed E-state index contributed by atoms with van der Waals surface area (Å²) in [5, 5.41) is 11.5. The number of aryl methyl sites for hydroxylation is 1. The molecule has 2 aromatic carbocycles. The molecule has 0 atom stereocenters. The first-order chi connectivity index (χ1) is 17.4. The van der Waals surface area contributed by atoms with E-state index in [9.17, 15) is 14.0 Å². The second-order valence-electron chi connectivity index (χ2n) is 7.75. The van der Waals surface area contributed by atoms with E-state index < -0.39 is 17.3 Å². The minimum Gasteiger partial charge on any atom is -0.497 e. The summed E-state index contributed by atoms with van der Waals surface area (Å²) in [6.07, 6.45) is 1.38. The standard InChI is InChI=1S/C24H20FN7O4/c1-14-11-20(27-21(33)13-36-18-9-7-17(35-2)8-10-18)32(30-14)24-28-22-19(23(34)29-24)12-26-31(22)16-5-3-15(25)4-6-16/h3-12H,13H2,1-2H3,(H,27,33)(H,28,29,34). The van der Waals surface area contributed by atoms with Crippen molar-refractivity contribution in [3.8, 4) is 23.1 Å². The van der Waals surface area contributed by atoms with Crippen LogP contribution in [0.1, 0.15) is 5.69 Å². The predicted octanol–water partition coefficient (Wildman–Crippen LogP) is 2.77. The lowest BCUT2D eigenvalue weighted by Crippen LogP contribution is -2.23. The molecule has 2 N–H and O–H groups in total. The summed E-state index contributed by atoms with van der Waals surface area (Å²) in [7, 11) is 1.56. The number of amides is 1. The fourth-order valence-electron chi connectivity index (χ4n) is 3.53. The van der Waals surface area contributed by atoms with Crippen molar-refractivity contribution in [3.05, 3.63) is 82.7 Å². The lowest BCUT2D eigenvalue weighted by molar-refractivity contribution is -0.118. The maximum Gasteiger partial charge on any atom is 0.263 e. The first-order valence-corrected chi connectivity index (χ1v) is 10.8. The number of methoxy groups -OCH3 is 1. The van der Waals surface area contributed by atoms with Gasteiger partial charge in [-0.15, -0.1) is 0 Å². The van der Waals surface area contributed by atoms with Crippen LogP contribution in [0.3, 0.4) is 0 Å². The van der Waals surface area contributed by atoms with Gasteiger partial charge < -0.3 is 14.8 Å². The highest BCUT2D eigenvalue weighted by atomic mass is 19.1. The van der Waals surface area contributed by atoms with E-state index in [4.69, 9.17) is 9.47 Å². The Morgan fingerprint density at radius 3 is 2.53 bits per heavy atom. The van der Waals surface area contributed by atoms with Crippen LogP contribution in [0.5, 0.6) is 11.5 Å². The number of nitrogens with zero attached hydrogens (tertiary/aromatic N) is 5. The van der Waals surface area contributed by atoms with Gasteiger partial charge in [0.05, 0.1) is 24.7 Å². The van der Waals surface area contributed by atoms with Crippen LogP contribution in [0.25, 0.3) is 22.7 Å². The summed E-state index contributed by atoms with van der Waals surface area (Å²) in [6, 6.07) is 14.1. The van der Waals surface area contributed by atoms with Crippen LogP contribution in [-0.4, -0.2) is 49.2 Å². The largest absolute Gasteiger partial charge is 0.497 e. The second-order valence-corrected chi connectivity index (χ2v) is 7.75. The van der Waals surface area contributed by atoms with Crippen LogP contribution in [-0.2, 0) is 4.79 Å². The highest BCUT2D eigenvalue weighted by Crippen LogP contribution is 2.19. The normalized spacial score (nSPS) is 11.0. The molecule has 5 rings (SSSR count). The van der Waals surface area contributed by atoms with Gasteiger partial charge in [0.2, 0.25) is 5.95 Å². The third-order valence-electron chi connectivity index (χ3n) is 5.23. The SMILES string of the molecule is COc1ccc(OCC(=O)Nc2cc(C)nn2-c2nc3c(cnn3-c3ccc(F)cc3)c(=O)[nH]2)cc1. The highest BCUT2D eigenvalue weighted by Gasteiger charge is 2.17. The van der Waals surface area contributed by atoms with Crippen LogP contribution >= 0.6 is 0 Å². The van der Waals surface area contributed by atoms with E-state index in [-0.39, 0.29) is 29.4 Å². The van der Waals surface area contributed by atoms with Crippen molar-refractivity contribution in [1.29, 1.82) is 0 Å². The van der Waals surface area contributed by atoms with Crippen LogP contribution in [0.4, 0.5) is 10.2 Å². The van der Waals surface area contributed by atoms with Gasteiger partial charge in [-0.1, -0.05) is 0 Å². The topological polar surface area (TPSA) is 129 Å². The van der Waals surface area contributed by atoms with Gasteiger partial charge in [0.15, 0.2) is 12.3 Å². The number of H-pyrrole nitrogens is 1. The van der Waals surface area contributed by atoms with Gasteiger partial charge in [0, 0.05) is 6.07 Å². The fourth-order valence-corrected chi connectivity index (χ4v) is 3.53. The number of anilines is 1. The first kappa shape index (κ1) is 22.8. The molecule has 11 nitrogen and oxygen atoms in total. The number of hydrogen-bond acceptors (Lipinski definition) is 7. The molecule has 0 saturated heterocycles. The number of carbonyl (C=O) groups excluding carboxylic acids is 1. The number of hydrogen-bond donors (Lipinski definition) is 2. The molecule has 3 heterocycles. The summed E-state index contributed by atoms with van der Waals surface area (Å²) in [5.41, 5.74) is 0.901. The summed E-state index contributed by atoms with van der Waals surface area (Å²) in [5.74, 6) is 0.686. The Morgan fingerprint density at radius 1 is 1.08 bits per heavy atom. The molecule has 182 valence electrons. The van der Waals surface area contributed by atoms with E-state index in [0.717, 1.165) is 0 Å². The first-order valence-electron chi connectivity index (χ1n) is 10.8. The molecule has 12 heteroatoms. The number of aromatic nitrogens is 6. The number of nitrogens with one attached hydrogen (secondary N) is 2. The number of carbonyl (C=O) groups is 1. The molecule has 0 bridgehead atoms. The lowest BCUT2D eigenvalue weighted by Gasteiger charge is -2.10. The Hall–Kier alpha value is -5.00. The van der Waals surface area contributed by atoms with E-state index in [0.29, 0.717) is 22.9 Å². The summed E-state index contributed by atoms with van der Waals surface area (Å²) >= 11 is 0. The molecule has 0 spiro atoms. The number of aromatic amines is 1. The zero-order valence-corrected chi connectivity index (χ0v) is 19.2. The van der Waals surface area contributed by atoms with Crippen molar-refractivity contribution in [2.75, 3.05) is 19.0 Å². The average molecular weight is 489 g/mol. The molecule has 0 aliphatic carbocycles. The van der Waals surface area contributed by atoms with Gasteiger partial charge in [-0.3, -0.25) is 14.6 Å². The van der Waals surface area contributed by atoms with Crippen molar-refractivity contribution >= 4 is 22.8 Å². The van der Waals surface area contributed by atoms with Crippen LogP contribution < -0.4 is 20.3 Å². The minimum absolute atomic E-state index is 0.0656. The van der Waals surface area contributed by atoms with Gasteiger partial charge in [0.1, 0.15) is 28.5 Å². The van der Waals surface area contributed by atoms with Gasteiger partial charge in [0.25, 0.3) is 11.5 Å². The Morgan fingerprint density at radius 2 is 1.81 bits per heavy atom. The zero-order chi connectivity index (χ0) is 25.2. The van der Waals surface area contributed by atoms with Crippen molar-refractivity contribution < 1.29 is 18.7 Å². The molecule has 5 aromatic rings. The van der Waals surface area contributed by atoms with Crippen LogP contribution in [0, 0.1) is 12.7 Å². The number of halogens is 1. The van der Waals surface area contributed by atoms with Gasteiger partial charge in [-0.2, -0.15) is 19.9 Å². The molecule has 0 unspecified atom stereocenters. The number of fused-ring (bicyclic) bond motifs is 1. The predicted molar refractivity (Wildman–Crippen MR) is 128 cm³/mol. The Kier molecular flexibility index (Phi) is 5.90. The zero-order valence-electron chi connectivity index (χ0n) is 19.2. The van der Waals surface area contributed by atoms with Crippen LogP contribution in [0.15, 0.2) is 65.6 Å². The van der Waals surface area contributed by atoms with E-state index >= 15 is 0 Å². The van der Waals surface area contributed by atoms with E-state index in [1.54, 1.807) is 44.4 Å². The van der Waals surface area contributed by atoms with Gasteiger partial charge >= 0.3 is 0 Å². The van der Waals surface area contributed by atoms with Gasteiger partial charge in [-0.05, 0) is 55.5 Å². The van der Waals surface area contributed by atoms with Crippen LogP contribution in [0.2, 0.25) is 0 Å². The molecule has 0 aliphatic heterocycles. The summed E-state index contributed by atoms with van der Waals surface area (Å²) in [6.45, 7) is 1.48. The van der Waals surface area contributed by atoms with Crippen molar-refractivity contribution in [3.63, 3.8) is 0 Å². The quantitative estimate of drug-likeness (QED) is 0.360. The molecular formula is C24H20FN7O4. The highest BCUT2D eigenvalue weighted by molar-refractivity contribution is 5.91. The van der Waals surface area contributed by atoms with E-state index in [2.05, 4.69) is 25.5 Å².